The van der Waals surface area contributed by atoms with Crippen LogP contribution < -0.4 is 5.73 Å². The molecule has 0 aliphatic rings. The first-order chi connectivity index (χ1) is 8.15. The normalized spacial score (nSPS) is 9.94. The van der Waals surface area contributed by atoms with Gasteiger partial charge in [0.2, 0.25) is 5.91 Å². The lowest BCUT2D eigenvalue weighted by Gasteiger charge is -2.20. The number of nitrogens with zero attached hydrogens (tertiary/aromatic N) is 1. The Kier molecular flexibility index (Phi) is 5.20. The first-order valence-electron chi connectivity index (χ1n) is 5.77. The Morgan fingerprint density at radius 3 is 2.41 bits per heavy atom. The van der Waals surface area contributed by atoms with Crippen molar-refractivity contribution in [2.24, 2.45) is 5.73 Å². The van der Waals surface area contributed by atoms with E-state index in [2.05, 4.69) is 0 Å². The number of unbranched alkanes of at least 4 members (excludes halogenated alkanes) is 1. The number of primary amides is 1. The highest BCUT2D eigenvalue weighted by atomic mass is 16.2. The summed E-state index contributed by atoms with van der Waals surface area (Å²) >= 11 is 0. The van der Waals surface area contributed by atoms with Crippen LogP contribution in [-0.2, 0) is 4.79 Å². The Morgan fingerprint density at radius 2 is 1.88 bits per heavy atom. The van der Waals surface area contributed by atoms with Crippen molar-refractivity contribution in [2.45, 2.75) is 19.8 Å². The summed E-state index contributed by atoms with van der Waals surface area (Å²) in [5, 5.41) is 0. The molecule has 17 heavy (non-hydrogen) atoms. The molecule has 1 aromatic carbocycles. The molecule has 2 amide bonds. The van der Waals surface area contributed by atoms with Crippen molar-refractivity contribution in [2.75, 3.05) is 13.1 Å². The summed E-state index contributed by atoms with van der Waals surface area (Å²) in [5.74, 6) is -0.622. The number of hydrogen-bond acceptors (Lipinski definition) is 2. The Bertz CT molecular complexity index is 376. The van der Waals surface area contributed by atoms with Crippen LogP contribution in [0.5, 0.6) is 0 Å². The molecule has 0 heterocycles. The van der Waals surface area contributed by atoms with E-state index in [9.17, 15) is 9.59 Å². The molecule has 0 radical (unpaired) electrons. The molecule has 1 rings (SSSR count). The third kappa shape index (κ3) is 4.26. The van der Waals surface area contributed by atoms with Crippen molar-refractivity contribution < 1.29 is 9.59 Å². The number of hydrogen-bond donors (Lipinski definition) is 1. The van der Waals surface area contributed by atoms with Crippen LogP contribution in [0.2, 0.25) is 0 Å². The van der Waals surface area contributed by atoms with Crippen molar-refractivity contribution in [3.8, 4) is 0 Å². The van der Waals surface area contributed by atoms with Gasteiger partial charge in [-0.1, -0.05) is 31.5 Å². The summed E-state index contributed by atoms with van der Waals surface area (Å²) in [4.78, 5) is 24.5. The fourth-order valence-corrected chi connectivity index (χ4v) is 1.55. The van der Waals surface area contributed by atoms with Crippen molar-refractivity contribution in [3.63, 3.8) is 0 Å². The molecule has 0 aromatic heterocycles. The van der Waals surface area contributed by atoms with Crippen LogP contribution in [-0.4, -0.2) is 29.8 Å². The second-order valence-electron chi connectivity index (χ2n) is 3.91. The molecule has 1 aromatic rings. The van der Waals surface area contributed by atoms with Crippen LogP contribution in [0, 0.1) is 0 Å². The zero-order valence-electron chi connectivity index (χ0n) is 10.1. The largest absolute Gasteiger partial charge is 0.368 e. The number of benzene rings is 1. The van der Waals surface area contributed by atoms with Crippen molar-refractivity contribution in [1.82, 2.24) is 4.90 Å². The van der Waals surface area contributed by atoms with Gasteiger partial charge >= 0.3 is 0 Å². The molecule has 0 bridgehead atoms. The minimum atomic E-state index is -0.481. The minimum absolute atomic E-state index is 0.0201. The number of nitrogens with two attached hydrogens (primary N) is 1. The fraction of sp³-hybridized carbons (Fsp3) is 0.385. The molecule has 4 nitrogen and oxygen atoms in total. The standard InChI is InChI=1S/C13H18N2O2/c1-2-3-9-15(10-12(14)16)13(17)11-7-5-4-6-8-11/h4-8H,2-3,9-10H2,1H3,(H2,14,16). The Morgan fingerprint density at radius 1 is 1.24 bits per heavy atom. The van der Waals surface area contributed by atoms with E-state index < -0.39 is 5.91 Å². The number of carbonyl (C=O) groups is 2. The monoisotopic (exact) mass is 234 g/mol. The van der Waals surface area contributed by atoms with E-state index in [1.54, 1.807) is 24.3 Å². The van der Waals surface area contributed by atoms with Crippen LogP contribution in [0.25, 0.3) is 0 Å². The molecule has 0 saturated heterocycles. The van der Waals surface area contributed by atoms with Gasteiger partial charge in [0.1, 0.15) is 0 Å². The maximum Gasteiger partial charge on any atom is 0.254 e. The quantitative estimate of drug-likeness (QED) is 0.809. The van der Waals surface area contributed by atoms with Crippen LogP contribution >= 0.6 is 0 Å². The minimum Gasteiger partial charge on any atom is -0.368 e. The molecular weight excluding hydrogens is 216 g/mol. The zero-order valence-corrected chi connectivity index (χ0v) is 10.1. The van der Waals surface area contributed by atoms with Gasteiger partial charge in [-0.15, -0.1) is 0 Å². The topological polar surface area (TPSA) is 63.4 Å². The summed E-state index contributed by atoms with van der Waals surface area (Å²) in [5.41, 5.74) is 5.74. The lowest BCUT2D eigenvalue weighted by Crippen LogP contribution is -2.39. The van der Waals surface area contributed by atoms with Gasteiger partial charge in [-0.05, 0) is 18.6 Å². The van der Waals surface area contributed by atoms with E-state index in [1.807, 2.05) is 13.0 Å². The molecule has 0 atom stereocenters. The van der Waals surface area contributed by atoms with Crippen LogP contribution in [0.3, 0.4) is 0 Å². The van der Waals surface area contributed by atoms with Crippen LogP contribution in [0.4, 0.5) is 0 Å². The average Bonchev–Trinajstić information content (AvgIpc) is 2.34. The lowest BCUT2D eigenvalue weighted by molar-refractivity contribution is -0.118. The second kappa shape index (κ2) is 6.68. The van der Waals surface area contributed by atoms with Crippen LogP contribution in [0.1, 0.15) is 30.1 Å². The molecule has 92 valence electrons. The molecule has 0 saturated carbocycles. The van der Waals surface area contributed by atoms with E-state index in [-0.39, 0.29) is 12.5 Å². The highest BCUT2D eigenvalue weighted by molar-refractivity contribution is 5.96. The van der Waals surface area contributed by atoms with Gasteiger partial charge in [0, 0.05) is 12.1 Å². The van der Waals surface area contributed by atoms with Crippen molar-refractivity contribution >= 4 is 11.8 Å². The van der Waals surface area contributed by atoms with E-state index in [1.165, 1.54) is 4.90 Å². The van der Waals surface area contributed by atoms with E-state index >= 15 is 0 Å². The van der Waals surface area contributed by atoms with Gasteiger partial charge in [-0.25, -0.2) is 0 Å². The van der Waals surface area contributed by atoms with Crippen molar-refractivity contribution in [3.05, 3.63) is 35.9 Å². The van der Waals surface area contributed by atoms with Crippen LogP contribution in [0.15, 0.2) is 30.3 Å². The first kappa shape index (κ1) is 13.2. The van der Waals surface area contributed by atoms with Gasteiger partial charge in [-0.2, -0.15) is 0 Å². The molecular formula is C13H18N2O2. The average molecular weight is 234 g/mol. The van der Waals surface area contributed by atoms with Gasteiger partial charge in [0.15, 0.2) is 0 Å². The molecule has 0 aliphatic carbocycles. The molecule has 0 fully saturated rings. The summed E-state index contributed by atoms with van der Waals surface area (Å²) in [6.45, 7) is 2.58. The molecule has 0 spiro atoms. The Balaban J connectivity index is 2.75. The summed E-state index contributed by atoms with van der Waals surface area (Å²) in [6.07, 6.45) is 1.84. The number of rotatable bonds is 6. The number of amides is 2. The van der Waals surface area contributed by atoms with Gasteiger partial charge in [0.25, 0.3) is 5.91 Å². The third-order valence-electron chi connectivity index (χ3n) is 2.44. The fourth-order valence-electron chi connectivity index (χ4n) is 1.55. The predicted molar refractivity (Wildman–Crippen MR) is 66.4 cm³/mol. The Hall–Kier alpha value is -1.84. The molecule has 0 aliphatic heterocycles. The lowest BCUT2D eigenvalue weighted by atomic mass is 10.2. The van der Waals surface area contributed by atoms with E-state index in [0.29, 0.717) is 12.1 Å². The molecule has 4 heteroatoms. The predicted octanol–water partition coefficient (Wildman–Crippen LogP) is 1.41. The first-order valence-corrected chi connectivity index (χ1v) is 5.77. The van der Waals surface area contributed by atoms with Gasteiger partial charge < -0.3 is 10.6 Å². The highest BCUT2D eigenvalue weighted by Crippen LogP contribution is 2.05. The van der Waals surface area contributed by atoms with Crippen molar-refractivity contribution in [1.29, 1.82) is 0 Å². The Labute approximate surface area is 101 Å². The maximum atomic E-state index is 12.1. The summed E-state index contributed by atoms with van der Waals surface area (Å²) in [7, 11) is 0. The third-order valence-corrected chi connectivity index (χ3v) is 2.44. The number of carbonyl (C=O) groups excluding carboxylic acids is 2. The SMILES string of the molecule is CCCCN(CC(N)=O)C(=O)c1ccccc1. The highest BCUT2D eigenvalue weighted by Gasteiger charge is 2.16. The van der Waals surface area contributed by atoms with Gasteiger partial charge in [0.05, 0.1) is 6.54 Å². The van der Waals surface area contributed by atoms with Gasteiger partial charge in [-0.3, -0.25) is 9.59 Å². The van der Waals surface area contributed by atoms with E-state index in [0.717, 1.165) is 12.8 Å². The smallest absolute Gasteiger partial charge is 0.254 e. The molecule has 2 N–H and O–H groups in total. The summed E-state index contributed by atoms with van der Waals surface area (Å²) < 4.78 is 0. The van der Waals surface area contributed by atoms with E-state index in [4.69, 9.17) is 5.73 Å². The zero-order chi connectivity index (χ0) is 12.7. The maximum absolute atomic E-state index is 12.1. The second-order valence-corrected chi connectivity index (χ2v) is 3.91. The summed E-state index contributed by atoms with van der Waals surface area (Å²) in [6, 6.07) is 8.93. The molecule has 0 unspecified atom stereocenters.